The zero-order valence-corrected chi connectivity index (χ0v) is 13.7. The number of ether oxygens (including phenoxy) is 1. The van der Waals surface area contributed by atoms with Gasteiger partial charge in [0.05, 0.1) is 12.2 Å². The molecule has 0 bridgehead atoms. The van der Waals surface area contributed by atoms with Crippen LogP contribution in [-0.4, -0.2) is 33.7 Å². The molecule has 0 amide bonds. The van der Waals surface area contributed by atoms with Crippen LogP contribution in [0.2, 0.25) is 0 Å². The molecule has 2 N–H and O–H groups in total. The lowest BCUT2D eigenvalue weighted by Crippen LogP contribution is -2.44. The highest BCUT2D eigenvalue weighted by Gasteiger charge is 2.28. The van der Waals surface area contributed by atoms with Crippen LogP contribution in [0.25, 0.3) is 0 Å². The SMILES string of the molecule is Cc1cc(CO)c(C)c2c1CN(C(O)OC(C)(C)C)CC2. The summed E-state index contributed by atoms with van der Waals surface area (Å²) in [7, 11) is 0. The first-order valence-electron chi connectivity index (χ1n) is 7.54. The van der Waals surface area contributed by atoms with Gasteiger partial charge in [-0.25, -0.2) is 0 Å². The molecule has 1 aromatic carbocycles. The maximum absolute atomic E-state index is 10.3. The second-order valence-electron chi connectivity index (χ2n) is 6.87. The van der Waals surface area contributed by atoms with Gasteiger partial charge in [-0.1, -0.05) is 6.07 Å². The quantitative estimate of drug-likeness (QED) is 0.839. The van der Waals surface area contributed by atoms with Crippen molar-refractivity contribution in [1.82, 2.24) is 4.90 Å². The number of nitrogens with zero attached hydrogens (tertiary/aromatic N) is 1. The first-order valence-corrected chi connectivity index (χ1v) is 7.54. The van der Waals surface area contributed by atoms with Gasteiger partial charge in [0, 0.05) is 13.1 Å². The van der Waals surface area contributed by atoms with E-state index in [9.17, 15) is 10.2 Å². The normalized spacial score (nSPS) is 17.7. The summed E-state index contributed by atoms with van der Waals surface area (Å²) < 4.78 is 5.65. The molecule has 0 radical (unpaired) electrons. The third-order valence-corrected chi connectivity index (χ3v) is 4.12. The smallest absolute Gasteiger partial charge is 0.216 e. The predicted octanol–water partition coefficient (Wildman–Crippen LogP) is 2.24. The second-order valence-corrected chi connectivity index (χ2v) is 6.87. The van der Waals surface area contributed by atoms with E-state index in [2.05, 4.69) is 19.9 Å². The van der Waals surface area contributed by atoms with E-state index in [1.165, 1.54) is 22.3 Å². The first-order chi connectivity index (χ1) is 9.73. The molecule has 4 nitrogen and oxygen atoms in total. The van der Waals surface area contributed by atoms with Crippen molar-refractivity contribution in [2.45, 2.75) is 66.2 Å². The molecule has 118 valence electrons. The minimum absolute atomic E-state index is 0.0828. The maximum atomic E-state index is 10.3. The number of aliphatic hydroxyl groups is 2. The topological polar surface area (TPSA) is 52.9 Å². The summed E-state index contributed by atoms with van der Waals surface area (Å²) in [5.74, 6) is 0. The van der Waals surface area contributed by atoms with Gasteiger partial charge in [-0.15, -0.1) is 0 Å². The fraction of sp³-hybridized carbons (Fsp3) is 0.647. The number of aliphatic hydroxyl groups excluding tert-OH is 2. The molecule has 0 aliphatic carbocycles. The van der Waals surface area contributed by atoms with Crippen molar-refractivity contribution in [3.05, 3.63) is 33.9 Å². The number of aryl methyl sites for hydroxylation is 1. The zero-order valence-electron chi connectivity index (χ0n) is 13.7. The number of hydrogen-bond acceptors (Lipinski definition) is 4. The summed E-state index contributed by atoms with van der Waals surface area (Å²) in [6.07, 6.45) is -0.00388. The van der Waals surface area contributed by atoms with Gasteiger partial charge in [-0.2, -0.15) is 0 Å². The van der Waals surface area contributed by atoms with Crippen LogP contribution in [-0.2, 0) is 24.3 Å². The van der Waals surface area contributed by atoms with Crippen molar-refractivity contribution in [3.63, 3.8) is 0 Å². The monoisotopic (exact) mass is 293 g/mol. The van der Waals surface area contributed by atoms with E-state index < -0.39 is 6.41 Å². The van der Waals surface area contributed by atoms with Crippen molar-refractivity contribution >= 4 is 0 Å². The van der Waals surface area contributed by atoms with Crippen LogP contribution in [0.1, 0.15) is 48.6 Å². The van der Waals surface area contributed by atoms with Crippen molar-refractivity contribution in [2.24, 2.45) is 0 Å². The minimum atomic E-state index is -0.879. The number of rotatable bonds is 3. The third-order valence-electron chi connectivity index (χ3n) is 4.12. The van der Waals surface area contributed by atoms with Gasteiger partial charge in [0.2, 0.25) is 6.41 Å². The van der Waals surface area contributed by atoms with E-state index in [1.54, 1.807) is 0 Å². The molecule has 0 spiro atoms. The van der Waals surface area contributed by atoms with E-state index in [0.717, 1.165) is 18.5 Å². The summed E-state index contributed by atoms with van der Waals surface area (Å²) in [4.78, 5) is 1.96. The van der Waals surface area contributed by atoms with Gasteiger partial charge in [0.1, 0.15) is 0 Å². The van der Waals surface area contributed by atoms with Crippen LogP contribution in [0.5, 0.6) is 0 Å². The summed E-state index contributed by atoms with van der Waals surface area (Å²) in [5, 5.41) is 19.7. The standard InChI is InChI=1S/C17H27NO3/c1-11-8-13(10-19)12(2)14-6-7-18(9-15(11)14)16(20)21-17(3,4)5/h8,16,19-20H,6-7,9-10H2,1-5H3. The minimum Gasteiger partial charge on any atom is -0.392 e. The second kappa shape index (κ2) is 6.05. The lowest BCUT2D eigenvalue weighted by atomic mass is 9.88. The van der Waals surface area contributed by atoms with Crippen LogP contribution in [0.3, 0.4) is 0 Å². The van der Waals surface area contributed by atoms with Crippen LogP contribution in [0, 0.1) is 13.8 Å². The van der Waals surface area contributed by atoms with Crippen LogP contribution in [0.4, 0.5) is 0 Å². The van der Waals surface area contributed by atoms with E-state index in [0.29, 0.717) is 6.54 Å². The first kappa shape index (κ1) is 16.4. The highest BCUT2D eigenvalue weighted by Crippen LogP contribution is 2.29. The summed E-state index contributed by atoms with van der Waals surface area (Å²) >= 11 is 0. The molecule has 1 atom stereocenters. The van der Waals surface area contributed by atoms with Gasteiger partial charge in [0.25, 0.3) is 0 Å². The van der Waals surface area contributed by atoms with Crippen LogP contribution < -0.4 is 0 Å². The van der Waals surface area contributed by atoms with Crippen molar-refractivity contribution in [3.8, 4) is 0 Å². The number of benzene rings is 1. The van der Waals surface area contributed by atoms with Gasteiger partial charge in [-0.3, -0.25) is 4.90 Å². The molecule has 0 fully saturated rings. The Hall–Kier alpha value is -0.940. The van der Waals surface area contributed by atoms with Gasteiger partial charge >= 0.3 is 0 Å². The highest BCUT2D eigenvalue weighted by atomic mass is 16.6. The Morgan fingerprint density at radius 3 is 2.52 bits per heavy atom. The van der Waals surface area contributed by atoms with Crippen molar-refractivity contribution < 1.29 is 14.9 Å². The average molecular weight is 293 g/mol. The lowest BCUT2D eigenvalue weighted by Gasteiger charge is -2.36. The van der Waals surface area contributed by atoms with Gasteiger partial charge in [-0.05, 0) is 68.9 Å². The molecule has 1 aliphatic rings. The lowest BCUT2D eigenvalue weighted by molar-refractivity contribution is -0.242. The molecular formula is C17H27NO3. The maximum Gasteiger partial charge on any atom is 0.216 e. The molecule has 21 heavy (non-hydrogen) atoms. The molecule has 0 aromatic heterocycles. The predicted molar refractivity (Wildman–Crippen MR) is 82.8 cm³/mol. The van der Waals surface area contributed by atoms with E-state index in [4.69, 9.17) is 4.74 Å². The molecule has 1 unspecified atom stereocenters. The molecule has 0 saturated carbocycles. The fourth-order valence-corrected chi connectivity index (χ4v) is 2.95. The molecule has 0 saturated heterocycles. The molecular weight excluding hydrogens is 266 g/mol. The highest BCUT2D eigenvalue weighted by molar-refractivity contribution is 5.46. The molecule has 1 aliphatic heterocycles. The summed E-state index contributed by atoms with van der Waals surface area (Å²) in [6.45, 7) is 11.5. The van der Waals surface area contributed by atoms with E-state index in [-0.39, 0.29) is 12.2 Å². The van der Waals surface area contributed by atoms with Crippen LogP contribution >= 0.6 is 0 Å². The number of fused-ring (bicyclic) bond motifs is 1. The van der Waals surface area contributed by atoms with Crippen LogP contribution in [0.15, 0.2) is 6.07 Å². The Labute approximate surface area is 127 Å². The van der Waals surface area contributed by atoms with Gasteiger partial charge in [0.15, 0.2) is 0 Å². The molecule has 4 heteroatoms. The Morgan fingerprint density at radius 1 is 1.29 bits per heavy atom. The van der Waals surface area contributed by atoms with E-state index in [1.807, 2.05) is 25.7 Å². The summed E-state index contributed by atoms with van der Waals surface area (Å²) in [6, 6.07) is 2.05. The average Bonchev–Trinajstić information content (AvgIpc) is 2.40. The van der Waals surface area contributed by atoms with Gasteiger partial charge < -0.3 is 14.9 Å². The van der Waals surface area contributed by atoms with E-state index >= 15 is 0 Å². The Bertz CT molecular complexity index is 520. The largest absolute Gasteiger partial charge is 0.392 e. The molecule has 1 aromatic rings. The molecule has 2 rings (SSSR count). The van der Waals surface area contributed by atoms with Crippen molar-refractivity contribution in [1.29, 1.82) is 0 Å². The van der Waals surface area contributed by atoms with Crippen molar-refractivity contribution in [2.75, 3.05) is 6.54 Å². The third kappa shape index (κ3) is 3.64. The Kier molecular flexibility index (Phi) is 4.73. The molecule has 1 heterocycles. The zero-order chi connectivity index (χ0) is 15.8. The fourth-order valence-electron chi connectivity index (χ4n) is 2.95. The number of hydrogen-bond donors (Lipinski definition) is 2. The Morgan fingerprint density at radius 2 is 1.95 bits per heavy atom. The Balaban J connectivity index is 2.23. The summed E-state index contributed by atoms with van der Waals surface area (Å²) in [5.41, 5.74) is 5.57.